The minimum absolute atomic E-state index is 0.000926. The van der Waals surface area contributed by atoms with Crippen molar-refractivity contribution >= 4 is 34.1 Å². The van der Waals surface area contributed by atoms with E-state index in [-0.39, 0.29) is 6.61 Å². The lowest BCUT2D eigenvalue weighted by molar-refractivity contribution is -0.156. The van der Waals surface area contributed by atoms with Crippen LogP contribution in [0.15, 0.2) is 24.3 Å². The molecule has 9 heteroatoms. The molecule has 0 spiro atoms. The molecule has 1 aliphatic heterocycles. The van der Waals surface area contributed by atoms with E-state index in [1.165, 1.54) is 11.3 Å². The molecule has 1 aromatic heterocycles. The summed E-state index contributed by atoms with van der Waals surface area (Å²) >= 11 is 1.36. The van der Waals surface area contributed by atoms with Crippen LogP contribution in [0.2, 0.25) is 0 Å². The number of esters is 1. The molecule has 2 aromatic rings. The lowest BCUT2D eigenvalue weighted by Crippen LogP contribution is -2.39. The summed E-state index contributed by atoms with van der Waals surface area (Å²) < 4.78 is 16.1. The summed E-state index contributed by atoms with van der Waals surface area (Å²) in [4.78, 5) is 37.4. The van der Waals surface area contributed by atoms with Crippen LogP contribution in [-0.2, 0) is 27.2 Å². The SMILES string of the molecule is NC(=O)c1c(NC(=O)COC(=O)[C@@H]2COc3ccccc3O2)sc2c1CCCC2. The summed E-state index contributed by atoms with van der Waals surface area (Å²) in [5.41, 5.74) is 6.81. The molecule has 29 heavy (non-hydrogen) atoms. The maximum Gasteiger partial charge on any atom is 0.351 e. The van der Waals surface area contributed by atoms with Gasteiger partial charge in [-0.15, -0.1) is 11.3 Å². The van der Waals surface area contributed by atoms with Gasteiger partial charge in [-0.3, -0.25) is 9.59 Å². The predicted octanol–water partition coefficient (Wildman–Crippen LogP) is 2.05. The van der Waals surface area contributed by atoms with Gasteiger partial charge in [-0.25, -0.2) is 4.79 Å². The number of aryl methyl sites for hydroxylation is 1. The van der Waals surface area contributed by atoms with Gasteiger partial charge in [0.1, 0.15) is 11.6 Å². The number of anilines is 1. The van der Waals surface area contributed by atoms with E-state index >= 15 is 0 Å². The predicted molar refractivity (Wildman–Crippen MR) is 105 cm³/mol. The fourth-order valence-electron chi connectivity index (χ4n) is 3.44. The molecule has 1 atom stereocenters. The number of fused-ring (bicyclic) bond motifs is 2. The van der Waals surface area contributed by atoms with Crippen molar-refractivity contribution in [1.29, 1.82) is 0 Å². The zero-order valence-corrected chi connectivity index (χ0v) is 16.4. The van der Waals surface area contributed by atoms with Crippen molar-refractivity contribution in [2.75, 3.05) is 18.5 Å². The number of thiophene rings is 1. The maximum atomic E-state index is 12.3. The molecule has 152 valence electrons. The van der Waals surface area contributed by atoms with Crippen LogP contribution in [0.25, 0.3) is 0 Å². The maximum absolute atomic E-state index is 12.3. The molecular weight excluding hydrogens is 396 g/mol. The van der Waals surface area contributed by atoms with E-state index in [2.05, 4.69) is 5.32 Å². The van der Waals surface area contributed by atoms with Crippen LogP contribution in [0.4, 0.5) is 5.00 Å². The number of hydrogen-bond acceptors (Lipinski definition) is 7. The largest absolute Gasteiger partial charge is 0.485 e. The smallest absolute Gasteiger partial charge is 0.351 e. The molecule has 0 radical (unpaired) electrons. The molecule has 0 saturated carbocycles. The van der Waals surface area contributed by atoms with Gasteiger partial charge in [0.05, 0.1) is 5.56 Å². The highest BCUT2D eigenvalue weighted by atomic mass is 32.1. The quantitative estimate of drug-likeness (QED) is 0.721. The topological polar surface area (TPSA) is 117 Å². The first kappa shape index (κ1) is 19.3. The van der Waals surface area contributed by atoms with E-state index in [4.69, 9.17) is 19.9 Å². The standard InChI is InChI=1S/C20H20N2O6S/c21-18(24)17-11-5-1-4-8-15(11)29-19(17)22-16(23)10-27-20(25)14-9-26-12-6-2-3-7-13(12)28-14/h2-3,6-7,14H,1,4-5,8-10H2,(H2,21,24)(H,22,23)/t14-/m0/s1. The molecule has 2 aliphatic rings. The monoisotopic (exact) mass is 416 g/mol. The Labute approximate surface area is 170 Å². The van der Waals surface area contributed by atoms with E-state index in [1.807, 2.05) is 0 Å². The Morgan fingerprint density at radius 1 is 1.17 bits per heavy atom. The molecule has 0 bridgehead atoms. The molecule has 1 aliphatic carbocycles. The van der Waals surface area contributed by atoms with Crippen molar-refractivity contribution in [3.05, 3.63) is 40.3 Å². The summed E-state index contributed by atoms with van der Waals surface area (Å²) in [6, 6.07) is 6.99. The highest BCUT2D eigenvalue weighted by Crippen LogP contribution is 2.38. The van der Waals surface area contributed by atoms with E-state index < -0.39 is 30.5 Å². The molecule has 4 rings (SSSR count). The highest BCUT2D eigenvalue weighted by Gasteiger charge is 2.30. The van der Waals surface area contributed by atoms with Gasteiger partial charge in [0.15, 0.2) is 18.1 Å². The molecular formula is C20H20N2O6S. The van der Waals surface area contributed by atoms with Gasteiger partial charge >= 0.3 is 5.97 Å². The van der Waals surface area contributed by atoms with Gasteiger partial charge in [0, 0.05) is 4.88 Å². The number of nitrogens with two attached hydrogens (primary N) is 1. The third kappa shape index (κ3) is 4.04. The Balaban J connectivity index is 1.36. The first-order valence-corrected chi connectivity index (χ1v) is 10.1. The number of amides is 2. The summed E-state index contributed by atoms with van der Waals surface area (Å²) in [5.74, 6) is -0.815. The van der Waals surface area contributed by atoms with Crippen molar-refractivity contribution in [3.8, 4) is 11.5 Å². The van der Waals surface area contributed by atoms with Crippen molar-refractivity contribution in [1.82, 2.24) is 0 Å². The average molecular weight is 416 g/mol. The molecule has 2 amide bonds. The van der Waals surface area contributed by atoms with Gasteiger partial charge < -0.3 is 25.3 Å². The Morgan fingerprint density at radius 3 is 2.72 bits per heavy atom. The van der Waals surface area contributed by atoms with Gasteiger partial charge in [0.2, 0.25) is 6.10 Å². The Hall–Kier alpha value is -3.07. The lowest BCUT2D eigenvalue weighted by Gasteiger charge is -2.24. The van der Waals surface area contributed by atoms with Crippen molar-refractivity contribution in [2.24, 2.45) is 5.73 Å². The fraction of sp³-hybridized carbons (Fsp3) is 0.350. The molecule has 3 N–H and O–H groups in total. The number of ether oxygens (including phenoxy) is 3. The third-order valence-corrected chi connectivity index (χ3v) is 5.99. The van der Waals surface area contributed by atoms with Crippen LogP contribution in [0.5, 0.6) is 11.5 Å². The molecule has 1 aromatic carbocycles. The zero-order valence-electron chi connectivity index (χ0n) is 15.6. The van der Waals surface area contributed by atoms with Crippen LogP contribution in [0, 0.1) is 0 Å². The Morgan fingerprint density at radius 2 is 1.93 bits per heavy atom. The van der Waals surface area contributed by atoms with Gasteiger partial charge in [-0.2, -0.15) is 0 Å². The number of benzene rings is 1. The molecule has 8 nitrogen and oxygen atoms in total. The summed E-state index contributed by atoms with van der Waals surface area (Å²) in [6.45, 7) is -0.498. The number of carbonyl (C=O) groups excluding carboxylic acids is 3. The summed E-state index contributed by atoms with van der Waals surface area (Å²) in [6.07, 6.45) is 2.72. The van der Waals surface area contributed by atoms with Crippen LogP contribution in [0.3, 0.4) is 0 Å². The van der Waals surface area contributed by atoms with E-state index in [9.17, 15) is 14.4 Å². The first-order chi connectivity index (χ1) is 14.0. The molecule has 0 saturated heterocycles. The van der Waals surface area contributed by atoms with Crippen LogP contribution >= 0.6 is 11.3 Å². The number of para-hydroxylation sites is 2. The lowest BCUT2D eigenvalue weighted by atomic mass is 9.95. The molecule has 0 fully saturated rings. The van der Waals surface area contributed by atoms with Crippen molar-refractivity contribution in [2.45, 2.75) is 31.8 Å². The first-order valence-electron chi connectivity index (χ1n) is 9.32. The molecule has 2 heterocycles. The van der Waals surface area contributed by atoms with Crippen molar-refractivity contribution in [3.63, 3.8) is 0 Å². The van der Waals surface area contributed by atoms with Gasteiger partial charge in [-0.05, 0) is 43.4 Å². The number of carbonyl (C=O) groups is 3. The van der Waals surface area contributed by atoms with Crippen LogP contribution in [-0.4, -0.2) is 37.1 Å². The average Bonchev–Trinajstić information content (AvgIpc) is 3.09. The summed E-state index contributed by atoms with van der Waals surface area (Å²) in [7, 11) is 0. The number of nitrogens with one attached hydrogen (secondary N) is 1. The minimum Gasteiger partial charge on any atom is -0.485 e. The highest BCUT2D eigenvalue weighted by molar-refractivity contribution is 7.17. The number of primary amides is 1. The van der Waals surface area contributed by atoms with Crippen molar-refractivity contribution < 1.29 is 28.6 Å². The van der Waals surface area contributed by atoms with E-state index in [1.54, 1.807) is 24.3 Å². The zero-order chi connectivity index (χ0) is 20.4. The minimum atomic E-state index is -0.951. The summed E-state index contributed by atoms with van der Waals surface area (Å²) in [5, 5.41) is 3.07. The second kappa shape index (κ2) is 8.12. The Kier molecular flexibility index (Phi) is 5.39. The molecule has 0 unspecified atom stereocenters. The second-order valence-electron chi connectivity index (χ2n) is 6.80. The normalized spacial score (nSPS) is 17.2. The fourth-order valence-corrected chi connectivity index (χ4v) is 4.75. The number of hydrogen-bond donors (Lipinski definition) is 2. The van der Waals surface area contributed by atoms with Crippen LogP contribution < -0.4 is 20.5 Å². The third-order valence-electron chi connectivity index (χ3n) is 4.79. The van der Waals surface area contributed by atoms with E-state index in [0.29, 0.717) is 22.1 Å². The van der Waals surface area contributed by atoms with Gasteiger partial charge in [0.25, 0.3) is 11.8 Å². The number of rotatable bonds is 5. The van der Waals surface area contributed by atoms with E-state index in [0.717, 1.165) is 36.1 Å². The van der Waals surface area contributed by atoms with Gasteiger partial charge in [-0.1, -0.05) is 12.1 Å². The van der Waals surface area contributed by atoms with Crippen LogP contribution in [0.1, 0.15) is 33.6 Å². The second-order valence-corrected chi connectivity index (χ2v) is 7.90. The Bertz CT molecular complexity index is 970.